The summed E-state index contributed by atoms with van der Waals surface area (Å²) < 4.78 is 31.3. The molecule has 0 amide bonds. The van der Waals surface area contributed by atoms with Crippen LogP contribution in [-0.2, 0) is 4.74 Å². The van der Waals surface area contributed by atoms with Gasteiger partial charge in [0.05, 0.1) is 12.1 Å². The van der Waals surface area contributed by atoms with E-state index in [2.05, 4.69) is 20.3 Å². The Morgan fingerprint density at radius 2 is 2.09 bits per heavy atom. The van der Waals surface area contributed by atoms with Gasteiger partial charge in [0.1, 0.15) is 11.3 Å². The first-order chi connectivity index (χ1) is 10.7. The van der Waals surface area contributed by atoms with Crippen molar-refractivity contribution < 1.29 is 13.5 Å². The maximum atomic E-state index is 13.3. The Bertz CT molecular complexity index is 803. The molecule has 1 aromatic carbocycles. The average Bonchev–Trinajstić information content (AvgIpc) is 2.95. The molecule has 22 heavy (non-hydrogen) atoms. The number of anilines is 1. The Morgan fingerprint density at radius 1 is 1.23 bits per heavy atom. The predicted octanol–water partition coefficient (Wildman–Crippen LogP) is 2.96. The van der Waals surface area contributed by atoms with Crippen molar-refractivity contribution in [2.24, 2.45) is 0 Å². The SMILES string of the molecule is COCCNc1nccc2[nH]c(-c3ccc(F)c(F)c3)nc12. The van der Waals surface area contributed by atoms with Crippen molar-refractivity contribution in [1.82, 2.24) is 15.0 Å². The zero-order chi connectivity index (χ0) is 15.5. The van der Waals surface area contributed by atoms with Gasteiger partial charge in [-0.2, -0.15) is 0 Å². The lowest BCUT2D eigenvalue weighted by atomic mass is 10.2. The monoisotopic (exact) mass is 304 g/mol. The Hall–Kier alpha value is -2.54. The third kappa shape index (κ3) is 2.75. The van der Waals surface area contributed by atoms with Gasteiger partial charge in [-0.25, -0.2) is 18.7 Å². The minimum Gasteiger partial charge on any atom is -0.383 e. The van der Waals surface area contributed by atoms with Crippen LogP contribution < -0.4 is 5.32 Å². The second-order valence-corrected chi connectivity index (χ2v) is 4.69. The van der Waals surface area contributed by atoms with Crippen molar-refractivity contribution in [3.8, 4) is 11.4 Å². The van der Waals surface area contributed by atoms with Crippen LogP contribution >= 0.6 is 0 Å². The standard InChI is InChI=1S/C15H14F2N4O/c1-22-7-6-19-15-13-12(4-5-18-15)20-14(21-13)9-2-3-10(16)11(17)8-9/h2-5,8H,6-7H2,1H3,(H,18,19)(H,20,21). The van der Waals surface area contributed by atoms with Crippen LogP contribution in [0.25, 0.3) is 22.4 Å². The molecule has 0 bridgehead atoms. The van der Waals surface area contributed by atoms with Crippen LogP contribution in [-0.4, -0.2) is 35.2 Å². The second kappa shape index (κ2) is 6.07. The number of nitrogens with one attached hydrogen (secondary N) is 2. The number of nitrogens with zero attached hydrogens (tertiary/aromatic N) is 2. The molecule has 0 aliphatic heterocycles. The van der Waals surface area contributed by atoms with E-state index in [9.17, 15) is 8.78 Å². The molecule has 2 heterocycles. The van der Waals surface area contributed by atoms with Crippen molar-refractivity contribution in [3.05, 3.63) is 42.1 Å². The highest BCUT2D eigenvalue weighted by atomic mass is 19.2. The van der Waals surface area contributed by atoms with Crippen molar-refractivity contribution in [2.75, 3.05) is 25.6 Å². The van der Waals surface area contributed by atoms with Gasteiger partial charge in [-0.05, 0) is 24.3 Å². The molecule has 2 aromatic heterocycles. The van der Waals surface area contributed by atoms with Crippen molar-refractivity contribution in [3.63, 3.8) is 0 Å². The van der Waals surface area contributed by atoms with Gasteiger partial charge in [-0.15, -0.1) is 0 Å². The van der Waals surface area contributed by atoms with Crippen molar-refractivity contribution >= 4 is 16.9 Å². The first kappa shape index (κ1) is 14.4. The van der Waals surface area contributed by atoms with E-state index in [-0.39, 0.29) is 0 Å². The topological polar surface area (TPSA) is 62.8 Å². The van der Waals surface area contributed by atoms with Gasteiger partial charge in [0, 0.05) is 25.4 Å². The maximum Gasteiger partial charge on any atom is 0.159 e. The Balaban J connectivity index is 1.98. The van der Waals surface area contributed by atoms with Gasteiger partial charge in [-0.1, -0.05) is 0 Å². The lowest BCUT2D eigenvalue weighted by Crippen LogP contribution is -2.08. The Morgan fingerprint density at radius 3 is 2.86 bits per heavy atom. The molecule has 3 aromatic rings. The summed E-state index contributed by atoms with van der Waals surface area (Å²) in [6, 6.07) is 5.43. The summed E-state index contributed by atoms with van der Waals surface area (Å²) in [7, 11) is 1.62. The zero-order valence-corrected chi connectivity index (χ0v) is 11.9. The van der Waals surface area contributed by atoms with Crippen LogP contribution in [0.1, 0.15) is 0 Å². The van der Waals surface area contributed by atoms with E-state index >= 15 is 0 Å². The number of hydrogen-bond donors (Lipinski definition) is 2. The summed E-state index contributed by atoms with van der Waals surface area (Å²) >= 11 is 0. The molecular weight excluding hydrogens is 290 g/mol. The lowest BCUT2D eigenvalue weighted by Gasteiger charge is -2.04. The number of methoxy groups -OCH3 is 1. The fourth-order valence-corrected chi connectivity index (χ4v) is 2.12. The number of H-pyrrole nitrogens is 1. The number of hydrogen-bond acceptors (Lipinski definition) is 4. The van der Waals surface area contributed by atoms with E-state index in [0.29, 0.717) is 35.9 Å². The number of fused-ring (bicyclic) bond motifs is 1. The van der Waals surface area contributed by atoms with Gasteiger partial charge in [-0.3, -0.25) is 0 Å². The van der Waals surface area contributed by atoms with Crippen LogP contribution in [0.15, 0.2) is 30.5 Å². The van der Waals surface area contributed by atoms with Crippen LogP contribution in [0.2, 0.25) is 0 Å². The molecule has 2 N–H and O–H groups in total. The van der Waals surface area contributed by atoms with E-state index in [1.54, 1.807) is 19.4 Å². The summed E-state index contributed by atoms with van der Waals surface area (Å²) in [4.78, 5) is 11.7. The summed E-state index contributed by atoms with van der Waals surface area (Å²) in [5, 5.41) is 3.12. The van der Waals surface area contributed by atoms with E-state index < -0.39 is 11.6 Å². The van der Waals surface area contributed by atoms with Gasteiger partial charge in [0.25, 0.3) is 0 Å². The zero-order valence-electron chi connectivity index (χ0n) is 11.9. The highest BCUT2D eigenvalue weighted by Gasteiger charge is 2.11. The predicted molar refractivity (Wildman–Crippen MR) is 79.6 cm³/mol. The molecule has 0 aliphatic carbocycles. The van der Waals surface area contributed by atoms with Crippen molar-refractivity contribution in [2.45, 2.75) is 0 Å². The molecule has 0 saturated heterocycles. The minimum absolute atomic E-state index is 0.455. The van der Waals surface area contributed by atoms with Crippen LogP contribution in [0.3, 0.4) is 0 Å². The van der Waals surface area contributed by atoms with Crippen LogP contribution in [0, 0.1) is 11.6 Å². The van der Waals surface area contributed by atoms with E-state index in [0.717, 1.165) is 17.6 Å². The summed E-state index contributed by atoms with van der Waals surface area (Å²) in [6.45, 7) is 1.13. The number of aromatic amines is 1. The number of pyridine rings is 1. The summed E-state index contributed by atoms with van der Waals surface area (Å²) in [5.74, 6) is -0.728. The fraction of sp³-hybridized carbons (Fsp3) is 0.200. The Labute approximate surface area is 125 Å². The number of aromatic nitrogens is 3. The van der Waals surface area contributed by atoms with E-state index in [1.807, 2.05) is 0 Å². The molecule has 3 rings (SSSR count). The molecule has 0 spiro atoms. The van der Waals surface area contributed by atoms with Gasteiger partial charge >= 0.3 is 0 Å². The van der Waals surface area contributed by atoms with Crippen LogP contribution in [0.5, 0.6) is 0 Å². The maximum absolute atomic E-state index is 13.3. The van der Waals surface area contributed by atoms with E-state index in [4.69, 9.17) is 4.74 Å². The first-order valence-electron chi connectivity index (χ1n) is 6.72. The smallest absolute Gasteiger partial charge is 0.159 e. The number of benzene rings is 1. The molecule has 0 atom stereocenters. The highest BCUT2D eigenvalue weighted by molar-refractivity contribution is 5.88. The Kier molecular flexibility index (Phi) is 3.97. The van der Waals surface area contributed by atoms with E-state index in [1.165, 1.54) is 6.07 Å². The van der Waals surface area contributed by atoms with Gasteiger partial charge in [0.15, 0.2) is 17.5 Å². The largest absolute Gasteiger partial charge is 0.383 e. The first-order valence-corrected chi connectivity index (χ1v) is 6.72. The molecular formula is C15H14F2N4O. The van der Waals surface area contributed by atoms with Gasteiger partial charge in [0.2, 0.25) is 0 Å². The molecule has 0 saturated carbocycles. The minimum atomic E-state index is -0.908. The number of halogens is 2. The lowest BCUT2D eigenvalue weighted by molar-refractivity contribution is 0.210. The molecule has 7 heteroatoms. The molecule has 0 fully saturated rings. The molecule has 0 unspecified atom stereocenters. The summed E-state index contributed by atoms with van der Waals surface area (Å²) in [5.41, 5.74) is 1.87. The number of rotatable bonds is 5. The third-order valence-electron chi connectivity index (χ3n) is 3.19. The van der Waals surface area contributed by atoms with Gasteiger partial charge < -0.3 is 15.0 Å². The summed E-state index contributed by atoms with van der Waals surface area (Å²) in [6.07, 6.45) is 1.64. The second-order valence-electron chi connectivity index (χ2n) is 4.69. The third-order valence-corrected chi connectivity index (χ3v) is 3.19. The molecule has 114 valence electrons. The highest BCUT2D eigenvalue weighted by Crippen LogP contribution is 2.25. The fourth-order valence-electron chi connectivity index (χ4n) is 2.12. The number of ether oxygens (including phenoxy) is 1. The normalized spacial score (nSPS) is 11.0. The van der Waals surface area contributed by atoms with Crippen LogP contribution in [0.4, 0.5) is 14.6 Å². The molecule has 0 aliphatic rings. The molecule has 0 radical (unpaired) electrons. The number of imidazole rings is 1. The van der Waals surface area contributed by atoms with Crippen molar-refractivity contribution in [1.29, 1.82) is 0 Å². The molecule has 5 nitrogen and oxygen atoms in total. The average molecular weight is 304 g/mol. The quantitative estimate of drug-likeness (QED) is 0.711.